The van der Waals surface area contributed by atoms with Crippen molar-refractivity contribution >= 4 is 72.1 Å². The van der Waals surface area contributed by atoms with Crippen LogP contribution in [0.3, 0.4) is 0 Å². The number of ether oxygens (including phenoxy) is 3. The zero-order valence-electron chi connectivity index (χ0n) is 35.7. The SMILES string of the molecule is CCCCCCN(CCCCCC)c1ccnc(/C([NH-])=C/C(=N)C(F)(F)F)c1.O=CO/C=C/c1ccnc(-c2cc(/C=C/OC=O)cc(-c3cc(/C=C/OC=O)ccn3)n2)c1.[N-]=C=S.[Ru+2]. The van der Waals surface area contributed by atoms with Gasteiger partial charge in [0, 0.05) is 43.1 Å². The number of thiocarbonyl (C=S) groups is 1. The van der Waals surface area contributed by atoms with E-state index in [2.05, 4.69) is 65.1 Å². The second kappa shape index (κ2) is 33.0. The molecule has 0 fully saturated rings. The normalized spacial score (nSPS) is 11.0. The summed E-state index contributed by atoms with van der Waals surface area (Å²) in [5.74, 6) is 0. The molecule has 0 atom stereocenters. The van der Waals surface area contributed by atoms with Crippen LogP contribution in [-0.4, -0.2) is 69.5 Å². The van der Waals surface area contributed by atoms with Gasteiger partial charge in [-0.3, -0.25) is 34.7 Å². The molecule has 19 heteroatoms. The summed E-state index contributed by atoms with van der Waals surface area (Å²) >= 11 is 3.70. The fourth-order valence-electron chi connectivity index (χ4n) is 5.63. The van der Waals surface area contributed by atoms with E-state index in [9.17, 15) is 27.6 Å². The second-order valence-electron chi connectivity index (χ2n) is 13.3. The Morgan fingerprint density at radius 3 is 1.58 bits per heavy atom. The number of aromatic nitrogens is 4. The maximum atomic E-state index is 12.6. The number of anilines is 1. The molecule has 0 bridgehead atoms. The Kier molecular flexibility index (Phi) is 28.7. The quantitative estimate of drug-likeness (QED) is 0.0132. The van der Waals surface area contributed by atoms with Crippen LogP contribution in [-0.2, 0) is 48.1 Å². The first kappa shape index (κ1) is 56.5. The third-order valence-electron chi connectivity index (χ3n) is 8.67. The van der Waals surface area contributed by atoms with E-state index in [0.29, 0.717) is 53.8 Å². The Morgan fingerprint density at radius 1 is 0.723 bits per heavy atom. The third kappa shape index (κ3) is 22.6. The maximum Gasteiger partial charge on any atom is 2.00 e. The van der Waals surface area contributed by atoms with Gasteiger partial charge in [-0.05, 0) is 102 Å². The number of carbonyl (C=O) groups excluding carboxylic acids is 3. The molecule has 0 amide bonds. The van der Waals surface area contributed by atoms with Gasteiger partial charge in [0.1, 0.15) is 5.71 Å². The summed E-state index contributed by atoms with van der Waals surface area (Å²) in [5, 5.41) is 15.5. The van der Waals surface area contributed by atoms with Gasteiger partial charge in [-0.2, -0.15) is 18.3 Å². The van der Waals surface area contributed by atoms with Crippen LogP contribution in [0.1, 0.15) is 87.6 Å². The molecule has 0 aliphatic carbocycles. The van der Waals surface area contributed by atoms with Crippen LogP contribution < -0.4 is 4.90 Å². The number of pyridine rings is 4. The number of nitrogens with one attached hydrogen (secondary N) is 2. The number of alkyl halides is 3. The predicted octanol–water partition coefficient (Wildman–Crippen LogP) is 11.3. The number of rotatable bonds is 24. The molecule has 0 saturated heterocycles. The van der Waals surface area contributed by atoms with E-state index in [-0.39, 0.29) is 25.2 Å². The van der Waals surface area contributed by atoms with Crippen molar-refractivity contribution in [1.82, 2.24) is 19.9 Å². The van der Waals surface area contributed by atoms with Gasteiger partial charge in [0.15, 0.2) is 0 Å². The molecule has 0 aromatic carbocycles. The average molecular weight is 1000 g/mol. The Morgan fingerprint density at radius 2 is 1.15 bits per heavy atom. The molecule has 0 aliphatic rings. The number of hydrogen-bond acceptors (Lipinski definition) is 13. The summed E-state index contributed by atoms with van der Waals surface area (Å²) in [6.07, 6.45) is 18.2. The average Bonchev–Trinajstić information content (AvgIpc) is 3.29. The summed E-state index contributed by atoms with van der Waals surface area (Å²) in [5.41, 5.74) is 11.3. The van der Waals surface area contributed by atoms with Crippen molar-refractivity contribution in [3.63, 3.8) is 0 Å². The molecule has 4 heterocycles. The van der Waals surface area contributed by atoms with Crippen LogP contribution in [0.5, 0.6) is 0 Å². The molecule has 0 unspecified atom stereocenters. The molecule has 0 spiro atoms. The van der Waals surface area contributed by atoms with E-state index >= 15 is 0 Å². The molecule has 344 valence electrons. The number of isothiocyanates is 1. The summed E-state index contributed by atoms with van der Waals surface area (Å²) in [4.78, 5) is 50.9. The standard InChI is InChI=1S/C24H17N3O6.C21H32F3N4.CNS.Ru/c28-15-31-8-3-18-1-6-25-21(11-18)23-13-20(5-10-33-17-30)14-24(27-23)22-12-19(2-7-26-22)4-9-32-16-29;1-3-5-7-9-13-28(14-10-8-6-4-2)17-11-12-27-19(15-17)18(25)16-20(26)21(22,23)24;2-1-3;/h1-17H;11-12,15-16,25-26H,3-10,13-14H2,1-2H3;;/q;2*-1;+2/b8-3+,9-4+,10-5+;18-16-,26-20?;;. The van der Waals surface area contributed by atoms with Gasteiger partial charge in [-0.15, -0.1) is 5.70 Å². The van der Waals surface area contributed by atoms with Crippen LogP contribution in [0.4, 0.5) is 18.9 Å². The van der Waals surface area contributed by atoms with Gasteiger partial charge in [-0.25, -0.2) is 4.98 Å². The number of carbonyl (C=O) groups is 3. The number of unbranched alkanes of at least 4 members (excludes halogenated alkanes) is 6. The largest absolute Gasteiger partial charge is 2.00 e. The maximum absolute atomic E-state index is 12.6. The molecule has 2 N–H and O–H groups in total. The van der Waals surface area contributed by atoms with E-state index < -0.39 is 17.6 Å². The van der Waals surface area contributed by atoms with Crippen LogP contribution in [0.25, 0.3) is 57.8 Å². The van der Waals surface area contributed by atoms with Crippen LogP contribution >= 0.6 is 12.2 Å². The van der Waals surface area contributed by atoms with Gasteiger partial charge in [-0.1, -0.05) is 64.6 Å². The molecule has 0 aliphatic heterocycles. The topological polar surface area (TPSA) is 204 Å². The van der Waals surface area contributed by atoms with E-state index in [1.54, 1.807) is 73.1 Å². The summed E-state index contributed by atoms with van der Waals surface area (Å²) in [6, 6.07) is 14.1. The van der Waals surface area contributed by atoms with Crippen LogP contribution in [0.15, 0.2) is 92.0 Å². The molecule has 4 aromatic rings. The monoisotopic (exact) mass is 1000 g/mol. The molecular formula is C46H49F3N8O6RuS. The van der Waals surface area contributed by atoms with Crippen molar-refractivity contribution in [3.05, 3.63) is 126 Å². The molecule has 0 saturated carbocycles. The van der Waals surface area contributed by atoms with Crippen molar-refractivity contribution in [1.29, 1.82) is 5.41 Å². The predicted molar refractivity (Wildman–Crippen MR) is 246 cm³/mol. The fourth-order valence-corrected chi connectivity index (χ4v) is 5.63. The molecule has 4 rings (SSSR count). The number of allylic oxidation sites excluding steroid dienone is 1. The number of nitrogens with zero attached hydrogens (tertiary/aromatic N) is 6. The smallest absolute Gasteiger partial charge is 0.753 e. The second-order valence-corrected chi connectivity index (χ2v) is 13.5. The zero-order chi connectivity index (χ0) is 47.0. The number of hydrogen-bond donors (Lipinski definition) is 1. The first-order valence-electron chi connectivity index (χ1n) is 20.0. The minimum Gasteiger partial charge on any atom is -0.753 e. The Hall–Kier alpha value is -6.55. The number of halogens is 3. The Bertz CT molecular complexity index is 2160. The summed E-state index contributed by atoms with van der Waals surface area (Å²) < 4.78 is 51.5. The third-order valence-corrected chi connectivity index (χ3v) is 8.67. The molecule has 14 nitrogen and oxygen atoms in total. The first-order chi connectivity index (χ1) is 30.9. The van der Waals surface area contributed by atoms with Crippen LogP contribution in [0, 0.1) is 5.41 Å². The Labute approximate surface area is 394 Å². The van der Waals surface area contributed by atoms with E-state index in [0.717, 1.165) is 68.4 Å². The van der Waals surface area contributed by atoms with E-state index in [4.69, 9.17) is 16.6 Å². The summed E-state index contributed by atoms with van der Waals surface area (Å²) in [6.45, 7) is 7.06. The van der Waals surface area contributed by atoms with Crippen molar-refractivity contribution in [2.75, 3.05) is 18.0 Å². The van der Waals surface area contributed by atoms with Gasteiger partial charge in [0.25, 0.3) is 19.4 Å². The fraction of sp³-hybridized carbons (Fsp3) is 0.283. The molecule has 65 heavy (non-hydrogen) atoms. The van der Waals surface area contributed by atoms with E-state index in [1.807, 2.05) is 6.07 Å². The molecular weight excluding hydrogens is 951 g/mol. The van der Waals surface area contributed by atoms with Crippen molar-refractivity contribution in [2.24, 2.45) is 0 Å². The molecule has 0 radical (unpaired) electrons. The zero-order valence-corrected chi connectivity index (χ0v) is 38.3. The minimum absolute atomic E-state index is 0. The van der Waals surface area contributed by atoms with Crippen LogP contribution in [0.2, 0.25) is 0 Å². The van der Waals surface area contributed by atoms with Gasteiger partial charge in [0.2, 0.25) is 0 Å². The van der Waals surface area contributed by atoms with Gasteiger partial charge >= 0.3 is 25.7 Å². The van der Waals surface area contributed by atoms with Gasteiger partial charge < -0.3 is 30.3 Å². The Balaban J connectivity index is 0.000000612. The summed E-state index contributed by atoms with van der Waals surface area (Å²) in [7, 11) is 0. The first-order valence-corrected chi connectivity index (χ1v) is 20.4. The van der Waals surface area contributed by atoms with E-state index in [1.165, 1.54) is 43.0 Å². The van der Waals surface area contributed by atoms with Crippen molar-refractivity contribution in [2.45, 2.75) is 71.4 Å². The molecule has 4 aromatic heterocycles. The minimum atomic E-state index is -4.76. The van der Waals surface area contributed by atoms with Crippen molar-refractivity contribution in [3.8, 4) is 22.8 Å². The van der Waals surface area contributed by atoms with Crippen molar-refractivity contribution < 1.29 is 61.2 Å². The van der Waals surface area contributed by atoms with Gasteiger partial charge in [0.05, 0.1) is 41.6 Å².